The molecule has 3 aliphatic carbocycles. The van der Waals surface area contributed by atoms with Crippen molar-refractivity contribution >= 4 is 29.0 Å². The van der Waals surface area contributed by atoms with E-state index in [-0.39, 0.29) is 46.4 Å². The third-order valence-electron chi connectivity index (χ3n) is 17.6. The highest BCUT2D eigenvalue weighted by molar-refractivity contribution is 5.95. The number of aryl methyl sites for hydroxylation is 2. The molecular formula is C56H65F2N9O4. The fraction of sp³-hybridized carbons (Fsp3) is 0.518. The molecule has 1 saturated heterocycles. The van der Waals surface area contributed by atoms with Crippen molar-refractivity contribution in [1.29, 1.82) is 5.26 Å². The lowest BCUT2D eigenvalue weighted by atomic mass is 9.42. The molecule has 3 aliphatic heterocycles. The Morgan fingerprint density at radius 2 is 1.66 bits per heavy atom. The third kappa shape index (κ3) is 7.91. The van der Waals surface area contributed by atoms with E-state index in [1.807, 2.05) is 23.1 Å². The van der Waals surface area contributed by atoms with E-state index in [9.17, 15) is 23.6 Å². The lowest BCUT2D eigenvalue weighted by Crippen LogP contribution is -2.74. The van der Waals surface area contributed by atoms with Crippen LogP contribution < -0.4 is 24.6 Å². The summed E-state index contributed by atoms with van der Waals surface area (Å²) < 4.78 is 45.4. The van der Waals surface area contributed by atoms with Crippen LogP contribution in [-0.2, 0) is 31.2 Å². The molecule has 0 radical (unpaired) electrons. The van der Waals surface area contributed by atoms with Gasteiger partial charge in [0, 0.05) is 115 Å². The van der Waals surface area contributed by atoms with Gasteiger partial charge >= 0.3 is 0 Å². The number of benzene rings is 3. The van der Waals surface area contributed by atoms with E-state index in [1.54, 1.807) is 62.4 Å². The van der Waals surface area contributed by atoms with Gasteiger partial charge in [-0.15, -0.1) is 0 Å². The maximum atomic E-state index is 14.8. The van der Waals surface area contributed by atoms with E-state index >= 15 is 0 Å². The minimum atomic E-state index is -2.65. The number of amides is 2. The molecule has 13 nitrogen and oxygen atoms in total. The number of methoxy groups -OCH3 is 1. The van der Waals surface area contributed by atoms with E-state index in [0.717, 1.165) is 86.4 Å². The maximum absolute atomic E-state index is 14.8. The molecule has 2 aromatic heterocycles. The second kappa shape index (κ2) is 17.1. The normalized spacial score (nSPS) is 22.5. The minimum Gasteiger partial charge on any atom is -0.495 e. The van der Waals surface area contributed by atoms with Crippen molar-refractivity contribution in [3.8, 4) is 28.7 Å². The molecule has 2 amide bonds. The number of nitriles is 1. The van der Waals surface area contributed by atoms with Crippen molar-refractivity contribution in [2.45, 2.75) is 124 Å². The van der Waals surface area contributed by atoms with Gasteiger partial charge in [-0.25, -0.2) is 8.78 Å². The van der Waals surface area contributed by atoms with Crippen LogP contribution >= 0.6 is 0 Å². The second-order valence-electron chi connectivity index (χ2n) is 22.9. The first-order valence-electron chi connectivity index (χ1n) is 25.4. The number of alkyl halides is 2. The molecule has 0 bridgehead atoms. The van der Waals surface area contributed by atoms with Crippen LogP contribution in [0.15, 0.2) is 67.0 Å². The number of rotatable bonds is 10. The van der Waals surface area contributed by atoms with E-state index in [1.165, 1.54) is 18.5 Å². The van der Waals surface area contributed by atoms with Gasteiger partial charge in [0.05, 0.1) is 31.5 Å². The zero-order valence-corrected chi connectivity index (χ0v) is 42.0. The SMILES string of the molecule is COc1cc(OC2C(C)(C)C(NC(=O)c3ccc(N4CCC5(CC4)CC4(CC(n6nc(N7CCCc8cc(-c9cnn(C)c9)c(C(F)F)cc87)c7c6CCN(C(C)=O)C7)C4)C5)cc3)C2(C)C)ccc1C#N. The minimum absolute atomic E-state index is 0.00464. The van der Waals surface area contributed by atoms with Gasteiger partial charge in [-0.2, -0.15) is 15.5 Å². The lowest BCUT2D eigenvalue weighted by molar-refractivity contribution is -0.164. The number of nitrogens with one attached hydrogen (secondary N) is 1. The topological polar surface area (TPSA) is 134 Å². The predicted octanol–water partition coefficient (Wildman–Crippen LogP) is 10.1. The molecule has 11 rings (SSSR count). The average molecular weight is 966 g/mol. The van der Waals surface area contributed by atoms with Crippen molar-refractivity contribution in [2.24, 2.45) is 28.7 Å². The van der Waals surface area contributed by atoms with Crippen LogP contribution in [-0.4, -0.2) is 81.7 Å². The Labute approximate surface area is 415 Å². The summed E-state index contributed by atoms with van der Waals surface area (Å²) in [5, 5.41) is 22.4. The van der Waals surface area contributed by atoms with Gasteiger partial charge in [0.15, 0.2) is 5.82 Å². The maximum Gasteiger partial charge on any atom is 0.264 e. The second-order valence-corrected chi connectivity index (χ2v) is 22.9. The molecular weight excluding hydrogens is 901 g/mol. The molecule has 372 valence electrons. The molecule has 5 aromatic rings. The van der Waals surface area contributed by atoms with Crippen molar-refractivity contribution < 1.29 is 27.8 Å². The first kappa shape index (κ1) is 46.9. The Balaban J connectivity index is 0.721. The highest BCUT2D eigenvalue weighted by atomic mass is 19.3. The van der Waals surface area contributed by atoms with E-state index < -0.39 is 6.43 Å². The molecule has 1 N–H and O–H groups in total. The summed E-state index contributed by atoms with van der Waals surface area (Å²) in [6, 6.07) is 19.2. The van der Waals surface area contributed by atoms with Crippen LogP contribution in [0, 0.1) is 33.0 Å². The smallest absolute Gasteiger partial charge is 0.264 e. The number of fused-ring (bicyclic) bond motifs is 2. The first-order chi connectivity index (χ1) is 33.9. The van der Waals surface area contributed by atoms with Gasteiger partial charge in [0.1, 0.15) is 23.7 Å². The van der Waals surface area contributed by atoms with Gasteiger partial charge in [0.25, 0.3) is 12.3 Å². The van der Waals surface area contributed by atoms with Crippen molar-refractivity contribution in [3.63, 3.8) is 0 Å². The molecule has 6 aliphatic rings. The van der Waals surface area contributed by atoms with E-state index in [2.05, 4.69) is 70.8 Å². The fourth-order valence-corrected chi connectivity index (χ4v) is 14.4. The summed E-state index contributed by atoms with van der Waals surface area (Å²) in [4.78, 5) is 33.0. The molecule has 0 atom stereocenters. The fourth-order valence-electron chi connectivity index (χ4n) is 14.4. The van der Waals surface area contributed by atoms with Crippen LogP contribution in [0.3, 0.4) is 0 Å². The van der Waals surface area contributed by atoms with E-state index in [0.29, 0.717) is 64.2 Å². The summed E-state index contributed by atoms with van der Waals surface area (Å²) >= 11 is 0. The number of carbonyl (C=O) groups is 2. The molecule has 3 aromatic carbocycles. The third-order valence-corrected chi connectivity index (χ3v) is 17.6. The van der Waals surface area contributed by atoms with Gasteiger partial charge in [-0.1, -0.05) is 27.7 Å². The Morgan fingerprint density at radius 3 is 2.31 bits per heavy atom. The van der Waals surface area contributed by atoms with Crippen molar-refractivity contribution in [2.75, 3.05) is 43.1 Å². The number of hydrogen-bond acceptors (Lipinski definition) is 9. The number of aromatic nitrogens is 4. The Kier molecular flexibility index (Phi) is 11.3. The molecule has 2 spiro atoms. The molecule has 5 heterocycles. The molecule has 3 saturated carbocycles. The van der Waals surface area contributed by atoms with Crippen LogP contribution in [0.25, 0.3) is 11.1 Å². The van der Waals surface area contributed by atoms with Gasteiger partial charge in [-0.3, -0.25) is 19.0 Å². The molecule has 4 fully saturated rings. The molecule has 0 unspecified atom stereocenters. The zero-order chi connectivity index (χ0) is 49.8. The standard InChI is InChI=1S/C56H65F2N9O4/c1-34(68)65-20-16-45-44(31-65)49(66-19-8-9-36-23-42(38-29-60-63(6)30-38)43(48(57)58)25-46(36)66)62-67(45)40-26-56(27-40)32-55(33-56)17-21-64(22-18-55)39-13-10-35(11-14-39)50(69)61-51-53(2,3)52(54(51,4)5)71-41-15-12-37(28-59)47(24-41)70-7/h10-15,23-25,29-30,40,48,51-52H,8-9,16-22,26-27,31-33H2,1-7H3,(H,61,69). The summed E-state index contributed by atoms with van der Waals surface area (Å²) in [7, 11) is 3.33. The summed E-state index contributed by atoms with van der Waals surface area (Å²) in [6.07, 6.45) is 9.91. The van der Waals surface area contributed by atoms with E-state index in [4.69, 9.17) is 14.6 Å². The first-order valence-corrected chi connectivity index (χ1v) is 25.4. The molecule has 71 heavy (non-hydrogen) atoms. The van der Waals surface area contributed by atoms with Crippen molar-refractivity contribution in [1.82, 2.24) is 29.8 Å². The Hall–Kier alpha value is -6.43. The summed E-state index contributed by atoms with van der Waals surface area (Å²) in [5.74, 6) is 1.84. The number of carbonyl (C=O) groups excluding carboxylic acids is 2. The number of nitrogens with zero attached hydrogens (tertiary/aromatic N) is 8. The number of hydrogen-bond donors (Lipinski definition) is 1. The summed E-state index contributed by atoms with van der Waals surface area (Å²) in [6.45, 7) is 13.9. The Morgan fingerprint density at radius 1 is 0.930 bits per heavy atom. The van der Waals surface area contributed by atoms with Crippen LogP contribution in [0.2, 0.25) is 0 Å². The zero-order valence-electron chi connectivity index (χ0n) is 42.0. The quantitative estimate of drug-likeness (QED) is 0.145. The van der Waals surface area contributed by atoms with Crippen molar-refractivity contribution in [3.05, 3.63) is 101 Å². The largest absolute Gasteiger partial charge is 0.495 e. The molecule has 15 heteroatoms. The van der Waals surface area contributed by atoms with Gasteiger partial charge in [0.2, 0.25) is 5.91 Å². The number of halogens is 2. The monoisotopic (exact) mass is 966 g/mol. The Bertz CT molecular complexity index is 2930. The van der Waals surface area contributed by atoms with Crippen LogP contribution in [0.1, 0.15) is 130 Å². The van der Waals surface area contributed by atoms with Crippen LogP contribution in [0.5, 0.6) is 11.5 Å². The number of ether oxygens (including phenoxy) is 2. The predicted molar refractivity (Wildman–Crippen MR) is 267 cm³/mol. The average Bonchev–Trinajstić information content (AvgIpc) is 3.95. The number of anilines is 3. The van der Waals surface area contributed by atoms with Gasteiger partial charge < -0.3 is 29.5 Å². The summed E-state index contributed by atoms with van der Waals surface area (Å²) in [5.41, 5.74) is 7.44. The highest BCUT2D eigenvalue weighted by Crippen LogP contribution is 2.70. The highest BCUT2D eigenvalue weighted by Gasteiger charge is 2.64. The number of piperidine rings is 1. The lowest BCUT2D eigenvalue weighted by Gasteiger charge is -2.65. The van der Waals surface area contributed by atoms with Gasteiger partial charge in [-0.05, 0) is 122 Å². The van der Waals surface area contributed by atoms with Crippen LogP contribution in [0.4, 0.5) is 26.0 Å².